The predicted molar refractivity (Wildman–Crippen MR) is 78.8 cm³/mol. The van der Waals surface area contributed by atoms with Crippen LogP contribution in [0.5, 0.6) is 0 Å². The van der Waals surface area contributed by atoms with Crippen LogP contribution in [0, 0.1) is 11.3 Å². The molecule has 0 spiro atoms. The van der Waals surface area contributed by atoms with Crippen molar-refractivity contribution in [2.75, 3.05) is 6.54 Å². The maximum atomic E-state index is 12.0. The first-order valence-electron chi connectivity index (χ1n) is 7.19. The van der Waals surface area contributed by atoms with E-state index < -0.39 is 0 Å². The Morgan fingerprint density at radius 3 is 2.65 bits per heavy atom. The Bertz CT molecular complexity index is 396. The van der Waals surface area contributed by atoms with Gasteiger partial charge in [0.25, 0.3) is 0 Å². The molecule has 0 radical (unpaired) electrons. The molecule has 114 valence electrons. The monoisotopic (exact) mass is 281 g/mol. The predicted octanol–water partition coefficient (Wildman–Crippen LogP) is 1.77. The Balaban J connectivity index is 2.42. The van der Waals surface area contributed by atoms with Gasteiger partial charge in [0.15, 0.2) is 0 Å². The van der Waals surface area contributed by atoms with Crippen molar-refractivity contribution in [3.05, 3.63) is 12.2 Å². The third-order valence-electron chi connectivity index (χ3n) is 3.68. The highest BCUT2D eigenvalue weighted by Gasteiger charge is 2.24. The minimum atomic E-state index is -0.146. The smallest absolute Gasteiger partial charge is 0.220 e. The fourth-order valence-corrected chi connectivity index (χ4v) is 2.32. The van der Waals surface area contributed by atoms with Gasteiger partial charge in [0, 0.05) is 6.42 Å². The summed E-state index contributed by atoms with van der Waals surface area (Å²) in [6.07, 6.45) is 3.76. The number of aromatic amines is 1. The molecule has 2 unspecified atom stereocenters. The molecule has 6 heteroatoms. The summed E-state index contributed by atoms with van der Waals surface area (Å²) in [5.74, 6) is 1.17. The van der Waals surface area contributed by atoms with Gasteiger partial charge in [0.2, 0.25) is 5.91 Å². The molecule has 0 aliphatic heterocycles. The molecule has 2 atom stereocenters. The molecule has 1 amide bonds. The average Bonchev–Trinajstić information content (AvgIpc) is 2.86. The number of hydrogen-bond donors (Lipinski definition) is 3. The van der Waals surface area contributed by atoms with Gasteiger partial charge in [0.1, 0.15) is 12.2 Å². The van der Waals surface area contributed by atoms with E-state index in [4.69, 9.17) is 5.73 Å². The van der Waals surface area contributed by atoms with Crippen LogP contribution in [0.1, 0.15) is 58.8 Å². The van der Waals surface area contributed by atoms with Gasteiger partial charge in [0.05, 0.1) is 6.04 Å². The van der Waals surface area contributed by atoms with Crippen LogP contribution in [0.3, 0.4) is 0 Å². The summed E-state index contributed by atoms with van der Waals surface area (Å²) in [6, 6.07) is -0.146. The van der Waals surface area contributed by atoms with Gasteiger partial charge in [-0.1, -0.05) is 20.8 Å². The second kappa shape index (κ2) is 7.38. The van der Waals surface area contributed by atoms with E-state index >= 15 is 0 Å². The number of carbonyl (C=O) groups excluding carboxylic acids is 1. The molecule has 0 aromatic carbocycles. The van der Waals surface area contributed by atoms with Gasteiger partial charge in [-0.25, -0.2) is 4.98 Å². The Kier molecular flexibility index (Phi) is 6.13. The SMILES string of the molecule is CC(NC(=O)CCC(CCN)C(C)(C)C)c1ncn[nH]1. The molecule has 0 saturated carbocycles. The summed E-state index contributed by atoms with van der Waals surface area (Å²) in [4.78, 5) is 16.0. The van der Waals surface area contributed by atoms with Crippen molar-refractivity contribution in [1.29, 1.82) is 0 Å². The molecule has 0 fully saturated rings. The Hall–Kier alpha value is -1.43. The van der Waals surface area contributed by atoms with E-state index in [9.17, 15) is 4.79 Å². The minimum Gasteiger partial charge on any atom is -0.346 e. The molecule has 0 aliphatic rings. The van der Waals surface area contributed by atoms with Crippen molar-refractivity contribution in [1.82, 2.24) is 20.5 Å². The lowest BCUT2D eigenvalue weighted by atomic mass is 9.76. The van der Waals surface area contributed by atoms with E-state index in [1.54, 1.807) is 0 Å². The van der Waals surface area contributed by atoms with Gasteiger partial charge in [-0.15, -0.1) is 0 Å². The standard InChI is InChI=1S/C14H27N5O/c1-10(13-16-9-17-19-13)18-12(20)6-5-11(7-8-15)14(2,3)4/h9-11H,5-8,15H2,1-4H3,(H,18,20)(H,16,17,19). The fourth-order valence-electron chi connectivity index (χ4n) is 2.32. The van der Waals surface area contributed by atoms with Crippen molar-refractivity contribution in [3.8, 4) is 0 Å². The van der Waals surface area contributed by atoms with Gasteiger partial charge >= 0.3 is 0 Å². The van der Waals surface area contributed by atoms with Crippen molar-refractivity contribution in [3.63, 3.8) is 0 Å². The topological polar surface area (TPSA) is 96.7 Å². The number of nitrogens with one attached hydrogen (secondary N) is 2. The van der Waals surface area contributed by atoms with Gasteiger partial charge in [-0.3, -0.25) is 9.89 Å². The van der Waals surface area contributed by atoms with Crippen molar-refractivity contribution >= 4 is 5.91 Å². The molecule has 0 aliphatic carbocycles. The first kappa shape index (κ1) is 16.6. The number of H-pyrrole nitrogens is 1. The normalized spacial score (nSPS) is 14.8. The number of aromatic nitrogens is 3. The second-order valence-corrected chi connectivity index (χ2v) is 6.34. The molecule has 6 nitrogen and oxygen atoms in total. The highest BCUT2D eigenvalue weighted by atomic mass is 16.1. The molecule has 20 heavy (non-hydrogen) atoms. The summed E-state index contributed by atoms with van der Waals surface area (Å²) in [5, 5.41) is 9.47. The van der Waals surface area contributed by atoms with Gasteiger partial charge < -0.3 is 11.1 Å². The van der Waals surface area contributed by atoms with E-state index in [0.29, 0.717) is 24.7 Å². The third-order valence-corrected chi connectivity index (χ3v) is 3.68. The number of nitrogens with zero attached hydrogens (tertiary/aromatic N) is 2. The Morgan fingerprint density at radius 2 is 2.15 bits per heavy atom. The van der Waals surface area contributed by atoms with Crippen LogP contribution in [0.4, 0.5) is 0 Å². The van der Waals surface area contributed by atoms with E-state index in [-0.39, 0.29) is 17.4 Å². The summed E-state index contributed by atoms with van der Waals surface area (Å²) in [6.45, 7) is 9.14. The maximum Gasteiger partial charge on any atom is 0.220 e. The summed E-state index contributed by atoms with van der Waals surface area (Å²) in [5.41, 5.74) is 5.83. The number of nitrogens with two attached hydrogens (primary N) is 1. The van der Waals surface area contributed by atoms with Crippen LogP contribution in [0.25, 0.3) is 0 Å². The van der Waals surface area contributed by atoms with E-state index in [2.05, 4.69) is 41.3 Å². The molecule has 0 saturated heterocycles. The van der Waals surface area contributed by atoms with Crippen LogP contribution >= 0.6 is 0 Å². The van der Waals surface area contributed by atoms with E-state index in [0.717, 1.165) is 12.8 Å². The zero-order chi connectivity index (χ0) is 15.2. The first-order chi connectivity index (χ1) is 9.34. The van der Waals surface area contributed by atoms with E-state index in [1.165, 1.54) is 6.33 Å². The summed E-state index contributed by atoms with van der Waals surface area (Å²) >= 11 is 0. The van der Waals surface area contributed by atoms with Gasteiger partial charge in [-0.05, 0) is 37.6 Å². The molecular formula is C14H27N5O. The maximum absolute atomic E-state index is 12.0. The first-order valence-corrected chi connectivity index (χ1v) is 7.19. The molecule has 0 bridgehead atoms. The number of amides is 1. The molecule has 1 heterocycles. The molecule has 1 rings (SSSR count). The van der Waals surface area contributed by atoms with Crippen LogP contribution < -0.4 is 11.1 Å². The molecule has 1 aromatic rings. The third kappa shape index (κ3) is 5.28. The van der Waals surface area contributed by atoms with Crippen molar-refractivity contribution < 1.29 is 4.79 Å². The number of carbonyl (C=O) groups is 1. The zero-order valence-corrected chi connectivity index (χ0v) is 12.9. The number of hydrogen-bond acceptors (Lipinski definition) is 4. The lowest BCUT2D eigenvalue weighted by molar-refractivity contribution is -0.122. The molecular weight excluding hydrogens is 254 g/mol. The Morgan fingerprint density at radius 1 is 1.45 bits per heavy atom. The minimum absolute atomic E-state index is 0.0418. The largest absolute Gasteiger partial charge is 0.346 e. The molecule has 1 aromatic heterocycles. The lowest BCUT2D eigenvalue weighted by Gasteiger charge is -2.30. The second-order valence-electron chi connectivity index (χ2n) is 6.34. The quantitative estimate of drug-likeness (QED) is 0.709. The van der Waals surface area contributed by atoms with Crippen LogP contribution in [-0.2, 0) is 4.79 Å². The van der Waals surface area contributed by atoms with Crippen LogP contribution in [-0.4, -0.2) is 27.6 Å². The van der Waals surface area contributed by atoms with Crippen LogP contribution in [0.15, 0.2) is 6.33 Å². The Labute approximate surface area is 120 Å². The summed E-state index contributed by atoms with van der Waals surface area (Å²) in [7, 11) is 0. The summed E-state index contributed by atoms with van der Waals surface area (Å²) < 4.78 is 0. The fraction of sp³-hybridized carbons (Fsp3) is 0.786. The molecule has 4 N–H and O–H groups in total. The van der Waals surface area contributed by atoms with Gasteiger partial charge in [-0.2, -0.15) is 5.10 Å². The average molecular weight is 281 g/mol. The lowest BCUT2D eigenvalue weighted by Crippen LogP contribution is -2.30. The van der Waals surface area contributed by atoms with Crippen molar-refractivity contribution in [2.24, 2.45) is 17.1 Å². The van der Waals surface area contributed by atoms with E-state index in [1.807, 2.05) is 6.92 Å². The van der Waals surface area contributed by atoms with Crippen molar-refractivity contribution in [2.45, 2.75) is 53.0 Å². The highest BCUT2D eigenvalue weighted by molar-refractivity contribution is 5.76. The highest BCUT2D eigenvalue weighted by Crippen LogP contribution is 2.32. The van der Waals surface area contributed by atoms with Crippen LogP contribution in [0.2, 0.25) is 0 Å². The zero-order valence-electron chi connectivity index (χ0n) is 12.9. The number of rotatable bonds is 7.